The van der Waals surface area contributed by atoms with Crippen LogP contribution in [0.5, 0.6) is 0 Å². The minimum atomic E-state index is -0.310. The normalized spacial score (nSPS) is 42.3. The minimum Gasteiger partial charge on any atom is -0.353 e. The fraction of sp³-hybridized carbons (Fsp3) is 0.731. The van der Waals surface area contributed by atoms with Gasteiger partial charge in [-0.3, -0.25) is 9.18 Å². The summed E-state index contributed by atoms with van der Waals surface area (Å²) in [6.45, 7) is 0.496. The number of rotatable bonds is 6. The predicted octanol–water partition coefficient (Wildman–Crippen LogP) is 4.89. The van der Waals surface area contributed by atoms with E-state index in [1.807, 2.05) is 0 Å². The fourth-order valence-electron chi connectivity index (χ4n) is 8.37. The number of nitrogens with one attached hydrogen (secondary N) is 1. The summed E-state index contributed by atoms with van der Waals surface area (Å²) in [5.74, 6) is 1.44. The summed E-state index contributed by atoms with van der Waals surface area (Å²) in [6.07, 6.45) is 11.1. The van der Waals surface area contributed by atoms with Gasteiger partial charge < -0.3 is 11.1 Å². The molecule has 1 aromatic rings. The summed E-state index contributed by atoms with van der Waals surface area (Å²) in [6, 6.07) is 11.1. The Morgan fingerprint density at radius 3 is 2.50 bits per heavy atom. The Morgan fingerprint density at radius 2 is 1.80 bits per heavy atom. The van der Waals surface area contributed by atoms with Gasteiger partial charge in [0, 0.05) is 6.04 Å². The average Bonchev–Trinajstić information content (AvgIpc) is 2.74. The van der Waals surface area contributed by atoms with E-state index in [1.54, 1.807) is 0 Å². The van der Waals surface area contributed by atoms with E-state index in [0.717, 1.165) is 64.3 Å². The molecular weight excluding hydrogens is 375 g/mol. The minimum absolute atomic E-state index is 0.00143. The van der Waals surface area contributed by atoms with Gasteiger partial charge in [-0.15, -0.1) is 0 Å². The number of halogens is 1. The molecule has 5 fully saturated rings. The molecule has 4 bridgehead atoms. The highest BCUT2D eigenvalue weighted by Gasteiger charge is 2.65. The molecule has 0 radical (unpaired) electrons. The van der Waals surface area contributed by atoms with Crippen LogP contribution in [0.1, 0.15) is 76.2 Å². The van der Waals surface area contributed by atoms with Crippen LogP contribution >= 0.6 is 0 Å². The molecule has 5 aliphatic rings. The third-order valence-corrected chi connectivity index (χ3v) is 9.19. The van der Waals surface area contributed by atoms with Crippen LogP contribution in [0.2, 0.25) is 0 Å². The number of hydrogen-bond donors (Lipinski definition) is 2. The second kappa shape index (κ2) is 7.62. The summed E-state index contributed by atoms with van der Waals surface area (Å²) in [5, 5.41) is 3.48. The van der Waals surface area contributed by atoms with Gasteiger partial charge in [0.2, 0.25) is 5.91 Å². The first-order valence-electron chi connectivity index (χ1n) is 12.1. The monoisotopic (exact) mass is 412 g/mol. The molecule has 30 heavy (non-hydrogen) atoms. The van der Waals surface area contributed by atoms with E-state index in [4.69, 9.17) is 5.73 Å². The van der Waals surface area contributed by atoms with Crippen LogP contribution in [0.25, 0.3) is 0 Å². The molecule has 5 saturated carbocycles. The van der Waals surface area contributed by atoms with Gasteiger partial charge in [0.05, 0.1) is 12.1 Å². The highest BCUT2D eigenvalue weighted by Crippen LogP contribution is 2.71. The first-order chi connectivity index (χ1) is 14.5. The summed E-state index contributed by atoms with van der Waals surface area (Å²) in [5.41, 5.74) is 6.95. The molecule has 4 atom stereocenters. The zero-order chi connectivity index (χ0) is 20.8. The Kier molecular flexibility index (Phi) is 5.20. The lowest BCUT2D eigenvalue weighted by Gasteiger charge is -2.66. The van der Waals surface area contributed by atoms with Gasteiger partial charge in [-0.25, -0.2) is 0 Å². The fourth-order valence-corrected chi connectivity index (χ4v) is 8.37. The molecule has 0 aliphatic heterocycles. The Bertz CT molecular complexity index is 776. The zero-order valence-corrected chi connectivity index (χ0v) is 18.2. The summed E-state index contributed by atoms with van der Waals surface area (Å²) >= 11 is 0. The van der Waals surface area contributed by atoms with Crippen molar-refractivity contribution < 1.29 is 9.18 Å². The van der Waals surface area contributed by atoms with Crippen LogP contribution in [0.4, 0.5) is 4.39 Å². The summed E-state index contributed by atoms with van der Waals surface area (Å²) in [7, 11) is 0. The number of hydrogen-bond acceptors (Lipinski definition) is 2. The zero-order valence-electron chi connectivity index (χ0n) is 18.2. The molecule has 0 aromatic heterocycles. The lowest BCUT2D eigenvalue weighted by Crippen LogP contribution is -2.63. The van der Waals surface area contributed by atoms with Crippen molar-refractivity contribution in [3.05, 3.63) is 35.9 Å². The molecule has 3 N–H and O–H groups in total. The standard InChI is InChI=1S/C26H37FN2O/c27-11-10-24-12-20-13-25(16-24,21-4-2-1-3-5-21)18-26(14-20,17-24)23(30)29-22-8-6-19(15-28)7-9-22/h1-5,19-20,22H,6-18,28H2,(H,29,30)/t19?,20?,22?,24-,25-,26?/m1/s1. The molecule has 0 spiro atoms. The molecule has 1 amide bonds. The molecule has 2 unspecified atom stereocenters. The van der Waals surface area contributed by atoms with Crippen molar-refractivity contribution in [1.82, 2.24) is 5.32 Å². The van der Waals surface area contributed by atoms with Crippen LogP contribution in [0.15, 0.2) is 30.3 Å². The van der Waals surface area contributed by atoms with Gasteiger partial charge >= 0.3 is 0 Å². The van der Waals surface area contributed by atoms with Crippen molar-refractivity contribution in [2.24, 2.45) is 28.4 Å². The molecule has 1 aromatic carbocycles. The van der Waals surface area contributed by atoms with E-state index in [9.17, 15) is 9.18 Å². The topological polar surface area (TPSA) is 55.1 Å². The van der Waals surface area contributed by atoms with Gasteiger partial charge in [0.15, 0.2) is 0 Å². The van der Waals surface area contributed by atoms with E-state index in [2.05, 4.69) is 35.6 Å². The SMILES string of the molecule is NCC1CCC(NC(=O)C23CC4C[C@@](CCF)(C2)C[C@](c2ccccc2)(C4)C3)CC1. The van der Waals surface area contributed by atoms with Gasteiger partial charge in [-0.2, -0.15) is 0 Å². The van der Waals surface area contributed by atoms with Crippen LogP contribution in [-0.4, -0.2) is 25.2 Å². The third kappa shape index (κ3) is 3.39. The average molecular weight is 413 g/mol. The van der Waals surface area contributed by atoms with Crippen LogP contribution in [0.3, 0.4) is 0 Å². The van der Waals surface area contributed by atoms with E-state index in [-0.39, 0.29) is 34.9 Å². The van der Waals surface area contributed by atoms with E-state index < -0.39 is 0 Å². The van der Waals surface area contributed by atoms with E-state index in [1.165, 1.54) is 12.0 Å². The van der Waals surface area contributed by atoms with Crippen molar-refractivity contribution >= 4 is 5.91 Å². The van der Waals surface area contributed by atoms with Crippen molar-refractivity contribution in [3.63, 3.8) is 0 Å². The predicted molar refractivity (Wildman–Crippen MR) is 118 cm³/mol. The number of amides is 1. The number of nitrogens with two attached hydrogens (primary N) is 1. The lowest BCUT2D eigenvalue weighted by atomic mass is 9.38. The Labute approximate surface area is 180 Å². The van der Waals surface area contributed by atoms with E-state index in [0.29, 0.717) is 18.3 Å². The largest absolute Gasteiger partial charge is 0.353 e. The quantitative estimate of drug-likeness (QED) is 0.699. The van der Waals surface area contributed by atoms with Crippen LogP contribution in [0, 0.1) is 22.7 Å². The van der Waals surface area contributed by atoms with Gasteiger partial charge in [-0.1, -0.05) is 30.3 Å². The number of carbonyl (C=O) groups is 1. The molecule has 0 heterocycles. The lowest BCUT2D eigenvalue weighted by molar-refractivity contribution is -0.165. The summed E-state index contributed by atoms with van der Waals surface area (Å²) < 4.78 is 13.7. The Balaban J connectivity index is 1.42. The van der Waals surface area contributed by atoms with Gasteiger partial charge in [0.1, 0.15) is 0 Å². The second-order valence-electron chi connectivity index (χ2n) is 11.3. The molecule has 4 heteroatoms. The highest BCUT2D eigenvalue weighted by atomic mass is 19.1. The number of benzene rings is 1. The van der Waals surface area contributed by atoms with Gasteiger partial charge in [-0.05, 0) is 105 Å². The number of alkyl halides is 1. The van der Waals surface area contributed by atoms with Crippen molar-refractivity contribution in [2.75, 3.05) is 13.2 Å². The first kappa shape index (κ1) is 20.5. The van der Waals surface area contributed by atoms with Crippen molar-refractivity contribution in [2.45, 2.75) is 82.1 Å². The molecule has 164 valence electrons. The maximum atomic E-state index is 13.8. The van der Waals surface area contributed by atoms with Crippen molar-refractivity contribution in [3.8, 4) is 0 Å². The maximum Gasteiger partial charge on any atom is 0.226 e. The van der Waals surface area contributed by atoms with Crippen molar-refractivity contribution in [1.29, 1.82) is 0 Å². The Morgan fingerprint density at radius 1 is 1.03 bits per heavy atom. The molecular formula is C26H37FN2O. The van der Waals surface area contributed by atoms with Crippen LogP contribution < -0.4 is 11.1 Å². The maximum absolute atomic E-state index is 13.8. The molecule has 3 nitrogen and oxygen atoms in total. The number of carbonyl (C=O) groups excluding carboxylic acids is 1. The first-order valence-corrected chi connectivity index (χ1v) is 12.1. The third-order valence-electron chi connectivity index (χ3n) is 9.19. The highest BCUT2D eigenvalue weighted by molar-refractivity contribution is 5.84. The second-order valence-corrected chi connectivity index (χ2v) is 11.3. The molecule has 0 saturated heterocycles. The van der Waals surface area contributed by atoms with Crippen LogP contribution in [-0.2, 0) is 10.2 Å². The van der Waals surface area contributed by atoms with Gasteiger partial charge in [0.25, 0.3) is 0 Å². The smallest absolute Gasteiger partial charge is 0.226 e. The molecule has 5 aliphatic carbocycles. The summed E-state index contributed by atoms with van der Waals surface area (Å²) in [4.78, 5) is 13.8. The van der Waals surface area contributed by atoms with E-state index >= 15 is 0 Å². The molecule has 6 rings (SSSR count). The Hall–Kier alpha value is -1.42.